The van der Waals surface area contributed by atoms with E-state index >= 15 is 0 Å². The first kappa shape index (κ1) is 25.0. The topological polar surface area (TPSA) is 101 Å². The standard InChI is InChI=1S/C26H29N3O5S/c1-17-24(35-16-28-17)19-8-6-18(7-9-19)15-29(26(32)23-13-21(30)14-27-23)25(31)20-4-3-5-22(12-20)34-11-10-33-2/h3-9,12,16,21,23,27,30H,10-11,13-15H2,1-2H3/t21-,23+/m1/s1. The number of rotatable bonds is 9. The molecule has 0 unspecified atom stereocenters. The first-order valence-electron chi connectivity index (χ1n) is 11.4. The Labute approximate surface area is 208 Å². The third kappa shape index (κ3) is 6.12. The second-order valence-corrected chi connectivity index (χ2v) is 9.27. The van der Waals surface area contributed by atoms with E-state index in [9.17, 15) is 14.7 Å². The van der Waals surface area contributed by atoms with Crippen LogP contribution < -0.4 is 10.1 Å². The van der Waals surface area contributed by atoms with Crippen LogP contribution in [-0.2, 0) is 16.1 Å². The number of ether oxygens (including phenoxy) is 2. The van der Waals surface area contributed by atoms with Crippen molar-refractivity contribution in [3.63, 3.8) is 0 Å². The third-order valence-corrected chi connectivity index (χ3v) is 6.83. The number of methoxy groups -OCH3 is 1. The van der Waals surface area contributed by atoms with Gasteiger partial charge >= 0.3 is 0 Å². The number of hydrogen-bond acceptors (Lipinski definition) is 8. The van der Waals surface area contributed by atoms with Gasteiger partial charge in [-0.1, -0.05) is 30.3 Å². The number of carbonyl (C=O) groups is 2. The number of nitrogens with zero attached hydrogens (tertiary/aromatic N) is 2. The highest BCUT2D eigenvalue weighted by molar-refractivity contribution is 7.13. The van der Waals surface area contributed by atoms with E-state index < -0.39 is 18.1 Å². The van der Waals surface area contributed by atoms with Gasteiger partial charge in [0.05, 0.1) is 41.4 Å². The Hall–Kier alpha value is -3.11. The third-order valence-electron chi connectivity index (χ3n) is 5.86. The predicted octanol–water partition coefficient (Wildman–Crippen LogP) is 3.04. The van der Waals surface area contributed by atoms with Crippen molar-refractivity contribution in [3.05, 3.63) is 70.9 Å². The summed E-state index contributed by atoms with van der Waals surface area (Å²) in [5.41, 5.74) is 4.99. The fourth-order valence-electron chi connectivity index (χ4n) is 3.98. The second kappa shape index (κ2) is 11.5. The lowest BCUT2D eigenvalue weighted by atomic mass is 10.1. The number of hydrogen-bond donors (Lipinski definition) is 2. The number of benzene rings is 2. The molecule has 1 fully saturated rings. The fraction of sp³-hybridized carbons (Fsp3) is 0.346. The summed E-state index contributed by atoms with van der Waals surface area (Å²) in [5, 5.41) is 12.9. The number of aliphatic hydroxyl groups is 1. The summed E-state index contributed by atoms with van der Waals surface area (Å²) in [6.07, 6.45) is -0.341. The molecule has 1 aliphatic rings. The summed E-state index contributed by atoms with van der Waals surface area (Å²) in [4.78, 5) is 33.6. The molecule has 0 spiro atoms. The maximum absolute atomic E-state index is 13.5. The van der Waals surface area contributed by atoms with Gasteiger partial charge in [-0.05, 0) is 42.7 Å². The second-order valence-electron chi connectivity index (χ2n) is 8.41. The molecule has 9 heteroatoms. The molecule has 2 amide bonds. The summed E-state index contributed by atoms with van der Waals surface area (Å²) in [6.45, 7) is 3.18. The first-order chi connectivity index (χ1) is 17.0. The molecule has 2 aromatic carbocycles. The van der Waals surface area contributed by atoms with Crippen LogP contribution in [0.2, 0.25) is 0 Å². The van der Waals surface area contributed by atoms with Gasteiger partial charge in [0.2, 0.25) is 5.91 Å². The zero-order valence-corrected chi connectivity index (χ0v) is 20.6. The van der Waals surface area contributed by atoms with Crippen molar-refractivity contribution in [1.82, 2.24) is 15.2 Å². The molecule has 2 atom stereocenters. The van der Waals surface area contributed by atoms with Crippen LogP contribution in [0.5, 0.6) is 5.75 Å². The van der Waals surface area contributed by atoms with Gasteiger partial charge in [0, 0.05) is 19.2 Å². The Morgan fingerprint density at radius 1 is 1.20 bits per heavy atom. The normalized spacial score (nSPS) is 17.3. The minimum absolute atomic E-state index is 0.114. The van der Waals surface area contributed by atoms with Crippen molar-refractivity contribution in [3.8, 4) is 16.2 Å². The summed E-state index contributed by atoms with van der Waals surface area (Å²) >= 11 is 1.57. The molecule has 4 rings (SSSR count). The Balaban J connectivity index is 1.57. The number of thiazole rings is 1. The van der Waals surface area contributed by atoms with Crippen LogP contribution in [0.4, 0.5) is 0 Å². The quantitative estimate of drug-likeness (QED) is 0.348. The Bertz CT molecular complexity index is 1160. The van der Waals surface area contributed by atoms with Crippen molar-refractivity contribution >= 4 is 23.2 Å². The van der Waals surface area contributed by atoms with Gasteiger partial charge in [0.15, 0.2) is 0 Å². The molecule has 0 radical (unpaired) electrons. The van der Waals surface area contributed by atoms with Crippen molar-refractivity contribution in [2.24, 2.45) is 0 Å². The maximum Gasteiger partial charge on any atom is 0.260 e. The van der Waals surface area contributed by atoms with Gasteiger partial charge in [-0.25, -0.2) is 4.98 Å². The molecule has 1 aliphatic heterocycles. The zero-order chi connectivity index (χ0) is 24.8. The fourth-order valence-corrected chi connectivity index (χ4v) is 4.80. The Kier molecular flexibility index (Phi) is 8.25. The van der Waals surface area contributed by atoms with Crippen LogP contribution in [-0.4, -0.2) is 65.8 Å². The highest BCUT2D eigenvalue weighted by Crippen LogP contribution is 2.28. The molecule has 2 N–H and O–H groups in total. The maximum atomic E-state index is 13.5. The Morgan fingerprint density at radius 3 is 2.66 bits per heavy atom. The molecule has 0 bridgehead atoms. The number of amides is 2. The zero-order valence-electron chi connectivity index (χ0n) is 19.8. The van der Waals surface area contributed by atoms with Crippen molar-refractivity contribution in [2.75, 3.05) is 26.9 Å². The smallest absolute Gasteiger partial charge is 0.260 e. The van der Waals surface area contributed by atoms with E-state index in [1.807, 2.05) is 36.7 Å². The van der Waals surface area contributed by atoms with Gasteiger partial charge < -0.3 is 19.9 Å². The highest BCUT2D eigenvalue weighted by Gasteiger charge is 2.34. The number of aromatic nitrogens is 1. The molecule has 3 aromatic rings. The molecule has 35 heavy (non-hydrogen) atoms. The summed E-state index contributed by atoms with van der Waals surface area (Å²) < 4.78 is 10.6. The van der Waals surface area contributed by atoms with E-state index in [-0.39, 0.29) is 18.9 Å². The van der Waals surface area contributed by atoms with Crippen molar-refractivity contribution in [1.29, 1.82) is 0 Å². The molecule has 0 aliphatic carbocycles. The van der Waals surface area contributed by atoms with Gasteiger partial charge in [-0.3, -0.25) is 14.5 Å². The van der Waals surface area contributed by atoms with Gasteiger partial charge in [-0.2, -0.15) is 0 Å². The largest absolute Gasteiger partial charge is 0.491 e. The number of carbonyl (C=O) groups excluding carboxylic acids is 2. The molecule has 1 aromatic heterocycles. The van der Waals surface area contributed by atoms with Crippen LogP contribution in [0.25, 0.3) is 10.4 Å². The Morgan fingerprint density at radius 2 is 2.00 bits per heavy atom. The van der Waals surface area contributed by atoms with E-state index in [0.29, 0.717) is 31.1 Å². The summed E-state index contributed by atoms with van der Waals surface area (Å²) in [5.74, 6) is -0.253. The van der Waals surface area contributed by atoms with E-state index in [1.165, 1.54) is 4.90 Å². The van der Waals surface area contributed by atoms with Gasteiger partial charge in [0.25, 0.3) is 5.91 Å². The molecule has 8 nitrogen and oxygen atoms in total. The van der Waals surface area contributed by atoms with E-state index in [4.69, 9.17) is 9.47 Å². The van der Waals surface area contributed by atoms with Crippen LogP contribution in [0.1, 0.15) is 28.0 Å². The lowest BCUT2D eigenvalue weighted by Crippen LogP contribution is -2.46. The molecule has 184 valence electrons. The predicted molar refractivity (Wildman–Crippen MR) is 133 cm³/mol. The van der Waals surface area contributed by atoms with Gasteiger partial charge in [-0.15, -0.1) is 11.3 Å². The SMILES string of the molecule is COCCOc1cccc(C(=O)N(Cc2ccc(-c3scnc3C)cc2)C(=O)[C@@H]2C[C@@H](O)CN2)c1. The average molecular weight is 496 g/mol. The van der Waals surface area contributed by atoms with E-state index in [0.717, 1.165) is 21.7 Å². The van der Waals surface area contributed by atoms with Crippen LogP contribution >= 0.6 is 11.3 Å². The lowest BCUT2D eigenvalue weighted by molar-refractivity contribution is -0.131. The van der Waals surface area contributed by atoms with Gasteiger partial charge in [0.1, 0.15) is 12.4 Å². The highest BCUT2D eigenvalue weighted by atomic mass is 32.1. The van der Waals surface area contributed by atoms with Crippen LogP contribution in [0, 0.1) is 6.92 Å². The van der Waals surface area contributed by atoms with Crippen LogP contribution in [0.3, 0.4) is 0 Å². The minimum Gasteiger partial charge on any atom is -0.491 e. The molecule has 2 heterocycles. The average Bonchev–Trinajstić information content (AvgIpc) is 3.50. The molecular formula is C26H29N3O5S. The van der Waals surface area contributed by atoms with Crippen molar-refractivity contribution in [2.45, 2.75) is 32.0 Å². The number of nitrogens with one attached hydrogen (secondary N) is 1. The first-order valence-corrected chi connectivity index (χ1v) is 12.3. The number of aryl methyl sites for hydroxylation is 1. The molecular weight excluding hydrogens is 466 g/mol. The summed E-state index contributed by atoms with van der Waals surface area (Å²) in [6, 6.07) is 14.0. The van der Waals surface area contributed by atoms with Crippen LogP contribution in [0.15, 0.2) is 54.0 Å². The molecule has 1 saturated heterocycles. The molecule has 0 saturated carbocycles. The number of aliphatic hydroxyl groups excluding tert-OH is 1. The minimum atomic E-state index is -0.616. The van der Waals surface area contributed by atoms with E-state index in [1.54, 1.807) is 42.7 Å². The van der Waals surface area contributed by atoms with Crippen molar-refractivity contribution < 1.29 is 24.2 Å². The number of imide groups is 1. The number of β-amino-alcohol motifs (C(OH)–C–C–N with tert-alkyl or cyclic N) is 1. The monoisotopic (exact) mass is 495 g/mol. The lowest BCUT2D eigenvalue weighted by Gasteiger charge is -2.24. The summed E-state index contributed by atoms with van der Waals surface area (Å²) in [7, 11) is 1.59. The van der Waals surface area contributed by atoms with E-state index in [2.05, 4.69) is 10.3 Å².